The number of hydrogen-bond acceptors (Lipinski definition) is 3. The fourth-order valence-corrected chi connectivity index (χ4v) is 1.71. The average molecular weight is 239 g/mol. The van der Waals surface area contributed by atoms with E-state index in [-0.39, 0.29) is 18.9 Å². The number of hydrogen-bond donors (Lipinski definition) is 1. The molecule has 0 spiro atoms. The number of carboxylic acids is 1. The second kappa shape index (κ2) is 4.66. The van der Waals surface area contributed by atoms with Crippen LogP contribution in [-0.4, -0.2) is 40.3 Å². The van der Waals surface area contributed by atoms with Crippen molar-refractivity contribution in [3.63, 3.8) is 0 Å². The van der Waals surface area contributed by atoms with Gasteiger partial charge >= 0.3 is 12.1 Å². The topological polar surface area (TPSA) is 66.8 Å². The number of likely N-dealkylation sites (tertiary alicyclic amines) is 1. The summed E-state index contributed by atoms with van der Waals surface area (Å²) in [4.78, 5) is 24.0. The highest BCUT2D eigenvalue weighted by Crippen LogP contribution is 2.25. The lowest BCUT2D eigenvalue weighted by Crippen LogP contribution is -2.43. The molecule has 17 heavy (non-hydrogen) atoms. The Morgan fingerprint density at radius 2 is 2.06 bits per heavy atom. The summed E-state index contributed by atoms with van der Waals surface area (Å²) in [5, 5.41) is 9.03. The van der Waals surface area contributed by atoms with E-state index in [1.54, 1.807) is 20.8 Å². The number of rotatable bonds is 1. The number of amides is 1. The molecule has 1 amide bonds. The lowest BCUT2D eigenvalue weighted by molar-refractivity contribution is -0.142. The number of terminal acetylenes is 1. The minimum absolute atomic E-state index is 0.219. The largest absolute Gasteiger partial charge is 0.480 e. The summed E-state index contributed by atoms with van der Waals surface area (Å²) in [5.74, 6) is 1.22. The molecule has 0 aliphatic carbocycles. The number of aliphatic carboxylic acids is 1. The maximum Gasteiger partial charge on any atom is 0.411 e. The van der Waals surface area contributed by atoms with Gasteiger partial charge in [-0.15, -0.1) is 12.3 Å². The Morgan fingerprint density at radius 1 is 1.47 bits per heavy atom. The molecule has 1 saturated heterocycles. The van der Waals surface area contributed by atoms with Crippen LogP contribution in [0.15, 0.2) is 0 Å². The van der Waals surface area contributed by atoms with Gasteiger partial charge in [0.2, 0.25) is 0 Å². The predicted octanol–water partition coefficient (Wildman–Crippen LogP) is 1.33. The van der Waals surface area contributed by atoms with Crippen LogP contribution in [0.1, 0.15) is 27.2 Å². The molecule has 1 heterocycles. The Labute approximate surface area is 101 Å². The van der Waals surface area contributed by atoms with E-state index in [1.807, 2.05) is 0 Å². The molecule has 0 radical (unpaired) electrons. The molecular weight excluding hydrogens is 222 g/mol. The van der Waals surface area contributed by atoms with Gasteiger partial charge in [-0.25, -0.2) is 9.59 Å². The standard InChI is InChI=1S/C12H17NO4/c1-5-8-6-9(10(14)15)13(7-8)11(16)17-12(2,3)4/h1,8-9H,6-7H2,2-4H3,(H,14,15). The van der Waals surface area contributed by atoms with E-state index < -0.39 is 23.7 Å². The summed E-state index contributed by atoms with van der Waals surface area (Å²) in [5.41, 5.74) is -0.644. The molecule has 2 unspecified atom stereocenters. The molecule has 5 nitrogen and oxygen atoms in total. The van der Waals surface area contributed by atoms with Crippen molar-refractivity contribution in [2.75, 3.05) is 6.54 Å². The zero-order valence-electron chi connectivity index (χ0n) is 10.3. The molecule has 1 aliphatic heterocycles. The minimum Gasteiger partial charge on any atom is -0.480 e. The first-order valence-electron chi connectivity index (χ1n) is 5.43. The van der Waals surface area contributed by atoms with Gasteiger partial charge in [-0.3, -0.25) is 4.90 Å². The number of nitrogens with zero attached hydrogens (tertiary/aromatic N) is 1. The Morgan fingerprint density at radius 3 is 2.47 bits per heavy atom. The van der Waals surface area contributed by atoms with Crippen molar-refractivity contribution < 1.29 is 19.4 Å². The van der Waals surface area contributed by atoms with Gasteiger partial charge in [0.25, 0.3) is 0 Å². The smallest absolute Gasteiger partial charge is 0.411 e. The molecule has 0 saturated carbocycles. The third-order valence-electron chi connectivity index (χ3n) is 2.45. The van der Waals surface area contributed by atoms with E-state index in [2.05, 4.69) is 5.92 Å². The molecule has 0 aromatic rings. The summed E-state index contributed by atoms with van der Waals surface area (Å²) in [6.45, 7) is 5.43. The molecule has 2 atom stereocenters. The fraction of sp³-hybridized carbons (Fsp3) is 0.667. The molecule has 1 aliphatic rings. The highest BCUT2D eigenvalue weighted by atomic mass is 16.6. The van der Waals surface area contributed by atoms with Gasteiger partial charge in [-0.2, -0.15) is 0 Å². The second-order valence-corrected chi connectivity index (χ2v) is 5.09. The SMILES string of the molecule is C#CC1CC(C(=O)O)N(C(=O)OC(C)(C)C)C1. The van der Waals surface area contributed by atoms with Crippen molar-refractivity contribution in [2.24, 2.45) is 5.92 Å². The van der Waals surface area contributed by atoms with Crippen molar-refractivity contribution >= 4 is 12.1 Å². The number of carbonyl (C=O) groups excluding carboxylic acids is 1. The summed E-state index contributed by atoms with van der Waals surface area (Å²) in [6, 6.07) is -0.883. The summed E-state index contributed by atoms with van der Waals surface area (Å²) in [6.07, 6.45) is 4.92. The molecule has 94 valence electrons. The van der Waals surface area contributed by atoms with E-state index in [1.165, 1.54) is 4.90 Å². The maximum absolute atomic E-state index is 11.8. The summed E-state index contributed by atoms with van der Waals surface area (Å²) >= 11 is 0. The van der Waals surface area contributed by atoms with Gasteiger partial charge in [0.15, 0.2) is 0 Å². The first-order chi connectivity index (χ1) is 7.74. The van der Waals surface area contributed by atoms with Gasteiger partial charge in [0.1, 0.15) is 11.6 Å². The first-order valence-corrected chi connectivity index (χ1v) is 5.43. The van der Waals surface area contributed by atoms with Crippen molar-refractivity contribution in [3.05, 3.63) is 0 Å². The van der Waals surface area contributed by atoms with E-state index >= 15 is 0 Å². The Kier molecular flexibility index (Phi) is 3.66. The molecule has 0 aromatic heterocycles. The van der Waals surface area contributed by atoms with E-state index in [0.29, 0.717) is 0 Å². The van der Waals surface area contributed by atoms with E-state index in [9.17, 15) is 9.59 Å². The van der Waals surface area contributed by atoms with Crippen LogP contribution in [0, 0.1) is 18.3 Å². The lowest BCUT2D eigenvalue weighted by Gasteiger charge is -2.26. The Bertz CT molecular complexity index is 364. The van der Waals surface area contributed by atoms with Crippen LogP contribution in [0.4, 0.5) is 4.79 Å². The number of ether oxygens (including phenoxy) is 1. The first kappa shape index (κ1) is 13.4. The third kappa shape index (κ3) is 3.38. The molecule has 0 aromatic carbocycles. The molecule has 1 fully saturated rings. The van der Waals surface area contributed by atoms with Crippen molar-refractivity contribution in [1.29, 1.82) is 0 Å². The zero-order chi connectivity index (χ0) is 13.2. The normalized spacial score (nSPS) is 24.2. The van der Waals surface area contributed by atoms with Crippen LogP contribution < -0.4 is 0 Å². The van der Waals surface area contributed by atoms with Crippen LogP contribution in [0.25, 0.3) is 0 Å². The number of carboxylic acid groups (broad SMARTS) is 1. The average Bonchev–Trinajstić information content (AvgIpc) is 2.58. The van der Waals surface area contributed by atoms with Gasteiger partial charge in [0.05, 0.1) is 0 Å². The van der Waals surface area contributed by atoms with Crippen molar-refractivity contribution in [1.82, 2.24) is 4.90 Å². The van der Waals surface area contributed by atoms with Crippen LogP contribution in [0.3, 0.4) is 0 Å². The lowest BCUT2D eigenvalue weighted by atomic mass is 10.1. The van der Waals surface area contributed by atoms with Crippen LogP contribution in [0.5, 0.6) is 0 Å². The van der Waals surface area contributed by atoms with Gasteiger partial charge in [0, 0.05) is 12.5 Å². The van der Waals surface area contributed by atoms with E-state index in [4.69, 9.17) is 16.3 Å². The molecule has 0 bridgehead atoms. The maximum atomic E-state index is 11.8. The van der Waals surface area contributed by atoms with Crippen LogP contribution in [-0.2, 0) is 9.53 Å². The van der Waals surface area contributed by atoms with Gasteiger partial charge < -0.3 is 9.84 Å². The molecule has 1 rings (SSSR count). The highest BCUT2D eigenvalue weighted by Gasteiger charge is 2.40. The summed E-state index contributed by atoms with van der Waals surface area (Å²) in [7, 11) is 0. The van der Waals surface area contributed by atoms with Crippen LogP contribution >= 0.6 is 0 Å². The second-order valence-electron chi connectivity index (χ2n) is 5.09. The van der Waals surface area contributed by atoms with Crippen molar-refractivity contribution in [2.45, 2.75) is 38.8 Å². The third-order valence-corrected chi connectivity index (χ3v) is 2.45. The van der Waals surface area contributed by atoms with Gasteiger partial charge in [-0.05, 0) is 27.2 Å². The number of carbonyl (C=O) groups is 2. The Hall–Kier alpha value is -1.70. The Balaban J connectivity index is 2.78. The zero-order valence-corrected chi connectivity index (χ0v) is 10.3. The minimum atomic E-state index is -1.05. The van der Waals surface area contributed by atoms with Crippen molar-refractivity contribution in [3.8, 4) is 12.3 Å². The molecule has 1 N–H and O–H groups in total. The fourth-order valence-electron chi connectivity index (χ4n) is 1.71. The molecular formula is C12H17NO4. The summed E-state index contributed by atoms with van der Waals surface area (Å²) < 4.78 is 5.15. The highest BCUT2D eigenvalue weighted by molar-refractivity contribution is 5.81. The molecule has 5 heteroatoms. The van der Waals surface area contributed by atoms with Gasteiger partial charge in [-0.1, -0.05) is 0 Å². The van der Waals surface area contributed by atoms with E-state index in [0.717, 1.165) is 0 Å². The van der Waals surface area contributed by atoms with Crippen LogP contribution in [0.2, 0.25) is 0 Å². The predicted molar refractivity (Wildman–Crippen MR) is 61.3 cm³/mol. The quantitative estimate of drug-likeness (QED) is 0.701. The monoisotopic (exact) mass is 239 g/mol.